The molecule has 9 heteroatoms. The number of nitrogens with one attached hydrogen (secondary N) is 1. The molecule has 0 aromatic heterocycles. The lowest BCUT2D eigenvalue weighted by Gasteiger charge is -2.36. The smallest absolute Gasteiger partial charge is 0.408 e. The average Bonchev–Trinajstić information content (AvgIpc) is 2.40. The van der Waals surface area contributed by atoms with E-state index in [2.05, 4.69) is 5.32 Å². The molecule has 1 aliphatic heterocycles. The Labute approximate surface area is 145 Å². The maximum absolute atomic E-state index is 13.4. The second kappa shape index (κ2) is 9.03. The molecular formula is C13H18Cl3F3N2O. The lowest BCUT2D eigenvalue weighted by molar-refractivity contribution is -0.187. The summed E-state index contributed by atoms with van der Waals surface area (Å²) in [5.74, 6) is 0.258. The minimum atomic E-state index is -4.34. The first-order chi connectivity index (χ1) is 9.43. The maximum Gasteiger partial charge on any atom is 0.408 e. The molecular weight excluding hydrogens is 364 g/mol. The molecule has 0 amide bonds. The van der Waals surface area contributed by atoms with Gasteiger partial charge in [-0.25, -0.2) is 0 Å². The van der Waals surface area contributed by atoms with Crippen LogP contribution in [0.1, 0.15) is 11.6 Å². The third-order valence-electron chi connectivity index (χ3n) is 3.32. The Hall–Kier alpha value is -0.400. The lowest BCUT2D eigenvalue weighted by Crippen LogP contribution is -2.49. The molecule has 1 fully saturated rings. The zero-order valence-corrected chi connectivity index (χ0v) is 14.2. The summed E-state index contributed by atoms with van der Waals surface area (Å²) in [6, 6.07) is 2.58. The van der Waals surface area contributed by atoms with Gasteiger partial charge in [0.2, 0.25) is 0 Å². The van der Waals surface area contributed by atoms with Gasteiger partial charge in [0.25, 0.3) is 0 Å². The Morgan fingerprint density at radius 2 is 1.82 bits per heavy atom. The van der Waals surface area contributed by atoms with Gasteiger partial charge in [-0.1, -0.05) is 17.7 Å². The Kier molecular flexibility index (Phi) is 8.87. The number of alkyl halides is 3. The molecule has 1 N–H and O–H groups in total. The number of methoxy groups -OCH3 is 1. The number of halogens is 6. The third kappa shape index (κ3) is 5.06. The van der Waals surface area contributed by atoms with Crippen molar-refractivity contribution in [3.05, 3.63) is 28.8 Å². The third-order valence-corrected chi connectivity index (χ3v) is 3.63. The standard InChI is InChI=1S/C13H16ClF3N2O.2ClH/c1-20-11-8-9(2-3-10(11)14)12(13(15,16)17)19-6-4-18-5-7-19;;/h2-3,8,12,18H,4-7H2,1H3;2*1H/t12-;;/m0../s1. The summed E-state index contributed by atoms with van der Waals surface area (Å²) in [7, 11) is 1.39. The van der Waals surface area contributed by atoms with Crippen molar-refractivity contribution in [1.29, 1.82) is 0 Å². The van der Waals surface area contributed by atoms with Crippen LogP contribution in [0.2, 0.25) is 5.02 Å². The molecule has 1 heterocycles. The molecule has 22 heavy (non-hydrogen) atoms. The van der Waals surface area contributed by atoms with Crippen LogP contribution in [0, 0.1) is 0 Å². The van der Waals surface area contributed by atoms with E-state index in [4.69, 9.17) is 16.3 Å². The number of nitrogens with zero attached hydrogens (tertiary/aromatic N) is 1. The van der Waals surface area contributed by atoms with E-state index in [1.807, 2.05) is 0 Å². The number of rotatable bonds is 3. The maximum atomic E-state index is 13.4. The molecule has 0 aliphatic carbocycles. The summed E-state index contributed by atoms with van der Waals surface area (Å²) in [6.07, 6.45) is -4.34. The summed E-state index contributed by atoms with van der Waals surface area (Å²) in [5, 5.41) is 3.35. The van der Waals surface area contributed by atoms with Gasteiger partial charge in [-0.3, -0.25) is 4.90 Å². The molecule has 1 atom stereocenters. The summed E-state index contributed by atoms with van der Waals surface area (Å²) >= 11 is 5.87. The molecule has 0 bridgehead atoms. The molecule has 3 nitrogen and oxygen atoms in total. The summed E-state index contributed by atoms with van der Waals surface area (Å²) in [5.41, 5.74) is 0.153. The van der Waals surface area contributed by atoms with Crippen molar-refractivity contribution < 1.29 is 17.9 Å². The first kappa shape index (κ1) is 21.6. The Morgan fingerprint density at radius 1 is 1.23 bits per heavy atom. The first-order valence-corrected chi connectivity index (χ1v) is 6.66. The fraction of sp³-hybridized carbons (Fsp3) is 0.538. The van der Waals surface area contributed by atoms with Gasteiger partial charge in [0.1, 0.15) is 11.8 Å². The van der Waals surface area contributed by atoms with Crippen molar-refractivity contribution in [2.75, 3.05) is 33.3 Å². The van der Waals surface area contributed by atoms with E-state index in [0.29, 0.717) is 31.2 Å². The Morgan fingerprint density at radius 3 is 2.32 bits per heavy atom. The van der Waals surface area contributed by atoms with Crippen LogP contribution < -0.4 is 10.1 Å². The second-order valence-electron chi connectivity index (χ2n) is 4.62. The van der Waals surface area contributed by atoms with Crippen molar-refractivity contribution in [3.8, 4) is 5.75 Å². The average molecular weight is 382 g/mol. The molecule has 0 radical (unpaired) electrons. The number of ether oxygens (including phenoxy) is 1. The molecule has 0 unspecified atom stereocenters. The molecule has 1 aromatic rings. The van der Waals surface area contributed by atoms with Crippen molar-refractivity contribution in [1.82, 2.24) is 10.2 Å². The van der Waals surface area contributed by atoms with Crippen LogP contribution in [0.25, 0.3) is 0 Å². The van der Waals surface area contributed by atoms with Crippen LogP contribution in [0.4, 0.5) is 13.2 Å². The fourth-order valence-corrected chi connectivity index (χ4v) is 2.59. The Bertz CT molecular complexity index is 468. The van der Waals surface area contributed by atoms with Crippen LogP contribution in [-0.4, -0.2) is 44.4 Å². The van der Waals surface area contributed by atoms with E-state index in [1.54, 1.807) is 0 Å². The van der Waals surface area contributed by atoms with E-state index in [9.17, 15) is 13.2 Å². The normalized spacial score (nSPS) is 17.1. The number of piperazine rings is 1. The van der Waals surface area contributed by atoms with Gasteiger partial charge in [0, 0.05) is 26.2 Å². The van der Waals surface area contributed by atoms with E-state index in [1.165, 1.54) is 30.2 Å². The van der Waals surface area contributed by atoms with Crippen molar-refractivity contribution in [2.45, 2.75) is 12.2 Å². The van der Waals surface area contributed by atoms with Crippen LogP contribution in [0.15, 0.2) is 18.2 Å². The summed E-state index contributed by atoms with van der Waals surface area (Å²) < 4.78 is 45.2. The molecule has 1 aromatic carbocycles. The van der Waals surface area contributed by atoms with Gasteiger partial charge in [-0.15, -0.1) is 24.8 Å². The quantitative estimate of drug-likeness (QED) is 0.864. The van der Waals surface area contributed by atoms with Crippen LogP contribution >= 0.6 is 36.4 Å². The first-order valence-electron chi connectivity index (χ1n) is 6.28. The van der Waals surface area contributed by atoms with Crippen LogP contribution in [0.3, 0.4) is 0 Å². The van der Waals surface area contributed by atoms with Crippen LogP contribution in [-0.2, 0) is 0 Å². The van der Waals surface area contributed by atoms with Crippen molar-refractivity contribution >= 4 is 36.4 Å². The zero-order valence-electron chi connectivity index (χ0n) is 11.8. The lowest BCUT2D eigenvalue weighted by atomic mass is 10.0. The van der Waals surface area contributed by atoms with E-state index in [0.717, 1.165) is 0 Å². The SMILES string of the molecule is COc1cc([C@H](N2CCNCC2)C(F)(F)F)ccc1Cl.Cl.Cl. The number of hydrogen-bond acceptors (Lipinski definition) is 3. The molecule has 128 valence electrons. The molecule has 1 aliphatic rings. The molecule has 0 spiro atoms. The van der Waals surface area contributed by atoms with E-state index in [-0.39, 0.29) is 36.1 Å². The van der Waals surface area contributed by atoms with Crippen molar-refractivity contribution in [3.63, 3.8) is 0 Å². The number of hydrogen-bond donors (Lipinski definition) is 1. The van der Waals surface area contributed by atoms with Gasteiger partial charge in [0.05, 0.1) is 12.1 Å². The largest absolute Gasteiger partial charge is 0.495 e. The predicted molar refractivity (Wildman–Crippen MR) is 85.7 cm³/mol. The van der Waals surface area contributed by atoms with E-state index >= 15 is 0 Å². The fourth-order valence-electron chi connectivity index (χ4n) is 2.39. The second-order valence-corrected chi connectivity index (χ2v) is 5.03. The topological polar surface area (TPSA) is 24.5 Å². The highest BCUT2D eigenvalue weighted by molar-refractivity contribution is 6.32. The highest BCUT2D eigenvalue weighted by Crippen LogP contribution is 2.40. The molecule has 1 saturated heterocycles. The highest BCUT2D eigenvalue weighted by Gasteiger charge is 2.45. The summed E-state index contributed by atoms with van der Waals surface area (Å²) in [6.45, 7) is 1.82. The monoisotopic (exact) mass is 380 g/mol. The highest BCUT2D eigenvalue weighted by atomic mass is 35.5. The van der Waals surface area contributed by atoms with Gasteiger partial charge in [-0.2, -0.15) is 13.2 Å². The van der Waals surface area contributed by atoms with Gasteiger partial charge >= 0.3 is 6.18 Å². The predicted octanol–water partition coefficient (Wildman–Crippen LogP) is 3.70. The van der Waals surface area contributed by atoms with Gasteiger partial charge < -0.3 is 10.1 Å². The minimum absolute atomic E-state index is 0. The van der Waals surface area contributed by atoms with Crippen LogP contribution in [0.5, 0.6) is 5.75 Å². The number of benzene rings is 1. The molecule has 2 rings (SSSR count). The summed E-state index contributed by atoms with van der Waals surface area (Å²) in [4.78, 5) is 1.43. The van der Waals surface area contributed by atoms with Crippen molar-refractivity contribution in [2.24, 2.45) is 0 Å². The minimum Gasteiger partial charge on any atom is -0.495 e. The van der Waals surface area contributed by atoms with Gasteiger partial charge in [0.15, 0.2) is 0 Å². The zero-order chi connectivity index (χ0) is 14.8. The van der Waals surface area contributed by atoms with Gasteiger partial charge in [-0.05, 0) is 17.7 Å². The Balaban J connectivity index is 0.00000220. The van der Waals surface area contributed by atoms with E-state index < -0.39 is 12.2 Å². The molecule has 0 saturated carbocycles.